The van der Waals surface area contributed by atoms with Gasteiger partial charge in [-0.2, -0.15) is 0 Å². The predicted molar refractivity (Wildman–Crippen MR) is 110 cm³/mol. The lowest BCUT2D eigenvalue weighted by molar-refractivity contribution is -0.139. The average Bonchev–Trinajstić information content (AvgIpc) is 3.00. The zero-order valence-corrected chi connectivity index (χ0v) is 17.3. The second-order valence-electron chi connectivity index (χ2n) is 6.49. The summed E-state index contributed by atoms with van der Waals surface area (Å²) in [5.74, 6) is -2.34. The minimum absolute atomic E-state index is 0.0897. The van der Waals surface area contributed by atoms with Crippen LogP contribution in [0.1, 0.15) is 51.5 Å². The first-order valence-electron chi connectivity index (χ1n) is 9.35. The normalized spacial score (nSPS) is 11.0. The zero-order chi connectivity index (χ0) is 22.3. The van der Waals surface area contributed by atoms with Gasteiger partial charge < -0.3 is 19.8 Å². The lowest BCUT2D eigenvalue weighted by Crippen LogP contribution is -2.27. The number of ether oxygens (including phenoxy) is 2. The third-order valence-corrected chi connectivity index (χ3v) is 4.17. The van der Waals surface area contributed by atoms with E-state index in [1.165, 1.54) is 13.0 Å². The van der Waals surface area contributed by atoms with Crippen LogP contribution in [0, 0.1) is 13.8 Å². The molecule has 2 rings (SSSR count). The Morgan fingerprint density at radius 1 is 1.07 bits per heavy atom. The largest absolute Gasteiger partial charge is 0.462 e. The van der Waals surface area contributed by atoms with Crippen molar-refractivity contribution >= 4 is 29.7 Å². The minimum Gasteiger partial charge on any atom is -0.462 e. The van der Waals surface area contributed by atoms with Crippen molar-refractivity contribution in [3.63, 3.8) is 0 Å². The molecule has 0 saturated heterocycles. The van der Waals surface area contributed by atoms with Gasteiger partial charge in [-0.25, -0.2) is 9.59 Å². The molecule has 1 aromatic carbocycles. The van der Waals surface area contributed by atoms with Gasteiger partial charge in [-0.3, -0.25) is 9.59 Å². The van der Waals surface area contributed by atoms with Crippen LogP contribution in [0.25, 0.3) is 6.08 Å². The molecule has 0 unspecified atom stereocenters. The van der Waals surface area contributed by atoms with Crippen LogP contribution in [-0.4, -0.2) is 41.8 Å². The Bertz CT molecular complexity index is 989. The number of Topliss-reactive ketones (excluding diaryl/α,β-unsaturated/α-hetero) is 1. The minimum atomic E-state index is -0.853. The van der Waals surface area contributed by atoms with Crippen LogP contribution in [0.15, 0.2) is 36.0 Å². The highest BCUT2D eigenvalue weighted by Crippen LogP contribution is 2.19. The molecular formula is C22H24N2O6. The maximum atomic E-state index is 12.6. The van der Waals surface area contributed by atoms with Crippen molar-refractivity contribution in [2.75, 3.05) is 13.2 Å². The Kier molecular flexibility index (Phi) is 7.69. The number of amides is 1. The second-order valence-corrected chi connectivity index (χ2v) is 6.49. The smallest absolute Gasteiger partial charge is 0.355 e. The third-order valence-electron chi connectivity index (χ3n) is 4.17. The molecule has 0 spiro atoms. The molecule has 0 radical (unpaired) electrons. The summed E-state index contributed by atoms with van der Waals surface area (Å²) in [4.78, 5) is 51.3. The summed E-state index contributed by atoms with van der Waals surface area (Å²) < 4.78 is 10.1. The average molecular weight is 412 g/mol. The maximum Gasteiger partial charge on any atom is 0.355 e. The van der Waals surface area contributed by atoms with Gasteiger partial charge in [0, 0.05) is 12.6 Å². The Hall–Kier alpha value is -3.68. The summed E-state index contributed by atoms with van der Waals surface area (Å²) >= 11 is 0. The lowest BCUT2D eigenvalue weighted by atomic mass is 10.1. The molecule has 30 heavy (non-hydrogen) atoms. The lowest BCUT2D eigenvalue weighted by Gasteiger charge is -2.09. The molecule has 0 aliphatic rings. The van der Waals surface area contributed by atoms with Crippen LogP contribution in [-0.2, 0) is 19.1 Å². The van der Waals surface area contributed by atoms with E-state index in [1.54, 1.807) is 45.0 Å². The van der Waals surface area contributed by atoms with E-state index < -0.39 is 30.2 Å². The zero-order valence-electron chi connectivity index (χ0n) is 17.3. The summed E-state index contributed by atoms with van der Waals surface area (Å²) in [7, 11) is 0. The topological polar surface area (TPSA) is 115 Å². The van der Waals surface area contributed by atoms with Crippen LogP contribution in [0.2, 0.25) is 0 Å². The fourth-order valence-corrected chi connectivity index (χ4v) is 2.87. The van der Waals surface area contributed by atoms with Crippen LogP contribution < -0.4 is 5.32 Å². The van der Waals surface area contributed by atoms with Gasteiger partial charge in [-0.1, -0.05) is 30.3 Å². The number of ketones is 1. The van der Waals surface area contributed by atoms with Crippen LogP contribution in [0.5, 0.6) is 0 Å². The van der Waals surface area contributed by atoms with E-state index in [0.717, 1.165) is 0 Å². The van der Waals surface area contributed by atoms with Crippen LogP contribution in [0.4, 0.5) is 0 Å². The van der Waals surface area contributed by atoms with Crippen LogP contribution in [0.3, 0.4) is 0 Å². The number of aromatic nitrogens is 1. The molecular weight excluding hydrogens is 388 g/mol. The summed E-state index contributed by atoms with van der Waals surface area (Å²) in [5.41, 5.74) is 1.95. The Balaban J connectivity index is 2.15. The van der Waals surface area contributed by atoms with Crippen molar-refractivity contribution in [2.45, 2.75) is 27.7 Å². The number of carbonyl (C=O) groups excluding carboxylic acids is 4. The van der Waals surface area contributed by atoms with Gasteiger partial charge in [0.25, 0.3) is 0 Å². The van der Waals surface area contributed by atoms with E-state index in [0.29, 0.717) is 16.8 Å². The second kappa shape index (κ2) is 10.2. The van der Waals surface area contributed by atoms with Gasteiger partial charge in [-0.05, 0) is 38.0 Å². The standard InChI is InChI=1S/C22H24N2O6/c1-5-29-22(28)19-13(2)20(23-14(19)3)18(26)12-30-21(27)17(24-15(4)25)11-16-9-7-6-8-10-16/h6-11,23H,5,12H2,1-4H3,(H,24,25)/b17-11-. The van der Waals surface area contributed by atoms with Crippen molar-refractivity contribution in [1.29, 1.82) is 0 Å². The highest BCUT2D eigenvalue weighted by atomic mass is 16.5. The maximum absolute atomic E-state index is 12.6. The molecule has 0 bridgehead atoms. The Morgan fingerprint density at radius 2 is 1.73 bits per heavy atom. The number of hydrogen-bond acceptors (Lipinski definition) is 6. The number of hydrogen-bond donors (Lipinski definition) is 2. The highest BCUT2D eigenvalue weighted by molar-refractivity contribution is 6.04. The first-order valence-corrected chi connectivity index (χ1v) is 9.35. The van der Waals surface area contributed by atoms with Gasteiger partial charge in [0.15, 0.2) is 6.61 Å². The van der Waals surface area contributed by atoms with E-state index in [-0.39, 0.29) is 23.6 Å². The quantitative estimate of drug-likeness (QED) is 0.391. The van der Waals surface area contributed by atoms with Gasteiger partial charge in [0.1, 0.15) is 5.70 Å². The van der Waals surface area contributed by atoms with E-state index in [2.05, 4.69) is 10.3 Å². The molecule has 0 atom stereocenters. The first-order chi connectivity index (χ1) is 14.2. The van der Waals surface area contributed by atoms with Gasteiger partial charge in [0.2, 0.25) is 11.7 Å². The third kappa shape index (κ3) is 5.66. The Labute approximate surface area is 174 Å². The molecule has 1 heterocycles. The summed E-state index contributed by atoms with van der Waals surface area (Å²) in [6.07, 6.45) is 1.46. The van der Waals surface area contributed by atoms with Gasteiger partial charge >= 0.3 is 11.9 Å². The number of esters is 2. The molecule has 1 aromatic heterocycles. The number of aryl methyl sites for hydroxylation is 1. The SMILES string of the molecule is CCOC(=O)c1c(C)[nH]c(C(=O)COC(=O)/C(=C/c2ccccc2)NC(C)=O)c1C. The molecule has 8 heteroatoms. The molecule has 0 fully saturated rings. The molecule has 0 saturated carbocycles. The first kappa shape index (κ1) is 22.6. The number of aromatic amines is 1. The summed E-state index contributed by atoms with van der Waals surface area (Å²) in [6, 6.07) is 8.88. The molecule has 158 valence electrons. The van der Waals surface area contributed by atoms with E-state index in [9.17, 15) is 19.2 Å². The van der Waals surface area contributed by atoms with Crippen molar-refractivity contribution in [3.8, 4) is 0 Å². The number of rotatable bonds is 8. The van der Waals surface area contributed by atoms with Crippen molar-refractivity contribution < 1.29 is 28.7 Å². The number of carbonyl (C=O) groups is 4. The fourth-order valence-electron chi connectivity index (χ4n) is 2.87. The van der Waals surface area contributed by atoms with E-state index >= 15 is 0 Å². The van der Waals surface area contributed by atoms with Gasteiger partial charge in [0.05, 0.1) is 17.9 Å². The molecule has 0 aliphatic carbocycles. The molecule has 8 nitrogen and oxygen atoms in total. The molecule has 1 amide bonds. The van der Waals surface area contributed by atoms with Crippen molar-refractivity contribution in [1.82, 2.24) is 10.3 Å². The van der Waals surface area contributed by atoms with E-state index in [1.807, 2.05) is 6.07 Å². The van der Waals surface area contributed by atoms with Gasteiger partial charge in [-0.15, -0.1) is 0 Å². The molecule has 0 aliphatic heterocycles. The summed E-state index contributed by atoms with van der Waals surface area (Å²) in [6.45, 7) is 5.87. The number of nitrogens with one attached hydrogen (secondary N) is 2. The monoisotopic (exact) mass is 412 g/mol. The fraction of sp³-hybridized carbons (Fsp3) is 0.273. The predicted octanol–water partition coefficient (Wildman–Crippen LogP) is 2.71. The van der Waals surface area contributed by atoms with E-state index in [4.69, 9.17) is 9.47 Å². The molecule has 2 N–H and O–H groups in total. The molecule has 2 aromatic rings. The Morgan fingerprint density at radius 3 is 2.33 bits per heavy atom. The number of benzene rings is 1. The highest BCUT2D eigenvalue weighted by Gasteiger charge is 2.24. The van der Waals surface area contributed by atoms with Crippen molar-refractivity contribution in [2.24, 2.45) is 0 Å². The van der Waals surface area contributed by atoms with Crippen LogP contribution >= 0.6 is 0 Å². The number of H-pyrrole nitrogens is 1. The summed E-state index contributed by atoms with van der Waals surface area (Å²) in [5, 5.41) is 2.41. The van der Waals surface area contributed by atoms with Crippen molar-refractivity contribution in [3.05, 3.63) is 64.1 Å².